The third kappa shape index (κ3) is 8.16. The van der Waals surface area contributed by atoms with Crippen LogP contribution in [-0.4, -0.2) is 16.9 Å². The number of alkyl halides is 1. The molecule has 0 fully saturated rings. The molecule has 0 atom stereocenters. The van der Waals surface area contributed by atoms with Crippen molar-refractivity contribution >= 4 is 27.5 Å². The van der Waals surface area contributed by atoms with Crippen molar-refractivity contribution < 1.29 is 9.59 Å². The highest BCUT2D eigenvalue weighted by molar-refractivity contribution is 9.09. The molecule has 76 valence electrons. The molecule has 0 heterocycles. The van der Waals surface area contributed by atoms with E-state index in [0.717, 1.165) is 19.3 Å². The summed E-state index contributed by atoms with van der Waals surface area (Å²) >= 11 is 3.11. The molecule has 0 aliphatic carbocycles. The second-order valence-electron chi connectivity index (χ2n) is 3.13. The van der Waals surface area contributed by atoms with Crippen LogP contribution in [0.25, 0.3) is 0 Å². The number of carbonyl (C=O) groups excluding carboxylic acids is 2. The summed E-state index contributed by atoms with van der Waals surface area (Å²) in [4.78, 5) is 21.7. The number of Topliss-reactive ketones (excluding diaryl/α,β-unsaturated/α-hetero) is 2. The van der Waals surface area contributed by atoms with Crippen LogP contribution in [0.4, 0.5) is 0 Å². The number of hydrogen-bond acceptors (Lipinski definition) is 2. The lowest BCUT2D eigenvalue weighted by molar-refractivity contribution is -0.118. The highest BCUT2D eigenvalue weighted by Gasteiger charge is 2.00. The zero-order valence-electron chi connectivity index (χ0n) is 8.14. The Hall–Kier alpha value is -0.180. The predicted molar refractivity (Wildman–Crippen MR) is 57.2 cm³/mol. The monoisotopic (exact) mass is 248 g/mol. The molecule has 0 saturated heterocycles. The molecule has 0 aromatic heterocycles. The van der Waals surface area contributed by atoms with E-state index in [1.165, 1.54) is 0 Å². The summed E-state index contributed by atoms with van der Waals surface area (Å²) < 4.78 is 0. The van der Waals surface area contributed by atoms with Crippen molar-refractivity contribution in [3.05, 3.63) is 0 Å². The summed E-state index contributed by atoms with van der Waals surface area (Å²) in [5, 5.41) is 0.459. The van der Waals surface area contributed by atoms with Crippen molar-refractivity contribution in [3.63, 3.8) is 0 Å². The maximum absolute atomic E-state index is 10.9. The summed E-state index contributed by atoms with van der Waals surface area (Å²) in [6.07, 6.45) is 4.80. The van der Waals surface area contributed by atoms with Crippen LogP contribution >= 0.6 is 15.9 Å². The number of hydrogen-bond donors (Lipinski definition) is 0. The zero-order valence-corrected chi connectivity index (χ0v) is 9.73. The van der Waals surface area contributed by atoms with Crippen LogP contribution in [-0.2, 0) is 9.59 Å². The largest absolute Gasteiger partial charge is 0.300 e. The molecule has 0 bridgehead atoms. The summed E-state index contributed by atoms with van der Waals surface area (Å²) in [6, 6.07) is 0. The quantitative estimate of drug-likeness (QED) is 0.489. The van der Waals surface area contributed by atoms with Crippen LogP contribution < -0.4 is 0 Å². The fraction of sp³-hybridized carbons (Fsp3) is 0.800. The van der Waals surface area contributed by atoms with Crippen LogP contribution in [0.2, 0.25) is 0 Å². The van der Waals surface area contributed by atoms with E-state index in [4.69, 9.17) is 0 Å². The SMILES string of the molecule is CCC(=O)CCCCCC(=O)CBr. The normalized spacial score (nSPS) is 10.0. The van der Waals surface area contributed by atoms with Crippen molar-refractivity contribution in [2.24, 2.45) is 0 Å². The average molecular weight is 249 g/mol. The molecule has 0 radical (unpaired) electrons. The van der Waals surface area contributed by atoms with Crippen molar-refractivity contribution in [3.8, 4) is 0 Å². The predicted octanol–water partition coefficient (Wildman–Crippen LogP) is 2.88. The van der Waals surface area contributed by atoms with E-state index in [9.17, 15) is 9.59 Å². The van der Waals surface area contributed by atoms with Gasteiger partial charge < -0.3 is 0 Å². The summed E-state index contributed by atoms with van der Waals surface area (Å²) in [5.41, 5.74) is 0. The van der Waals surface area contributed by atoms with Crippen molar-refractivity contribution in [2.45, 2.75) is 45.4 Å². The van der Waals surface area contributed by atoms with E-state index < -0.39 is 0 Å². The smallest absolute Gasteiger partial charge is 0.143 e. The lowest BCUT2D eigenvalue weighted by atomic mass is 10.1. The Balaban J connectivity index is 3.17. The van der Waals surface area contributed by atoms with Gasteiger partial charge in [0.1, 0.15) is 11.6 Å². The first-order valence-corrected chi connectivity index (χ1v) is 5.92. The molecular weight excluding hydrogens is 232 g/mol. The molecule has 0 unspecified atom stereocenters. The fourth-order valence-electron chi connectivity index (χ4n) is 1.06. The van der Waals surface area contributed by atoms with Crippen LogP contribution in [0.15, 0.2) is 0 Å². The van der Waals surface area contributed by atoms with Gasteiger partial charge in [0.15, 0.2) is 0 Å². The third-order valence-electron chi connectivity index (χ3n) is 1.95. The summed E-state index contributed by atoms with van der Waals surface area (Å²) in [6.45, 7) is 1.89. The molecular formula is C10H17BrO2. The number of unbranched alkanes of at least 4 members (excludes halogenated alkanes) is 2. The zero-order chi connectivity index (χ0) is 10.1. The van der Waals surface area contributed by atoms with E-state index >= 15 is 0 Å². The van der Waals surface area contributed by atoms with Gasteiger partial charge in [-0.2, -0.15) is 0 Å². The van der Waals surface area contributed by atoms with Gasteiger partial charge >= 0.3 is 0 Å². The molecule has 0 spiro atoms. The maximum atomic E-state index is 10.9. The minimum Gasteiger partial charge on any atom is -0.300 e. The van der Waals surface area contributed by atoms with Crippen molar-refractivity contribution in [1.82, 2.24) is 0 Å². The molecule has 0 aliphatic heterocycles. The number of carbonyl (C=O) groups is 2. The van der Waals surface area contributed by atoms with E-state index in [0.29, 0.717) is 30.4 Å². The molecule has 0 aromatic rings. The Labute approximate surface area is 88.2 Å². The van der Waals surface area contributed by atoms with Crippen molar-refractivity contribution in [2.75, 3.05) is 5.33 Å². The highest BCUT2D eigenvalue weighted by atomic mass is 79.9. The first-order valence-electron chi connectivity index (χ1n) is 4.80. The maximum Gasteiger partial charge on any atom is 0.143 e. The molecule has 0 N–H and O–H groups in total. The van der Waals surface area contributed by atoms with Gasteiger partial charge in [-0.3, -0.25) is 9.59 Å². The Morgan fingerprint density at radius 1 is 1.00 bits per heavy atom. The minimum atomic E-state index is 0.252. The van der Waals surface area contributed by atoms with E-state index in [2.05, 4.69) is 15.9 Å². The first kappa shape index (κ1) is 12.8. The lowest BCUT2D eigenvalue weighted by Gasteiger charge is -1.98. The van der Waals surface area contributed by atoms with Gasteiger partial charge in [-0.1, -0.05) is 29.3 Å². The average Bonchev–Trinajstić information content (AvgIpc) is 2.16. The minimum absolute atomic E-state index is 0.252. The van der Waals surface area contributed by atoms with Gasteiger partial charge in [0.25, 0.3) is 0 Å². The molecule has 0 saturated carbocycles. The summed E-state index contributed by atoms with van der Waals surface area (Å²) in [5.74, 6) is 0.577. The Morgan fingerprint density at radius 2 is 1.54 bits per heavy atom. The van der Waals surface area contributed by atoms with E-state index in [1.807, 2.05) is 6.92 Å². The standard InChI is InChI=1S/C10H17BrO2/c1-2-9(12)6-4-3-5-7-10(13)8-11/h2-8H2,1H3. The number of rotatable bonds is 8. The van der Waals surface area contributed by atoms with E-state index in [-0.39, 0.29) is 5.78 Å². The Kier molecular flexibility index (Phi) is 8.30. The topological polar surface area (TPSA) is 34.1 Å². The second-order valence-corrected chi connectivity index (χ2v) is 3.69. The first-order chi connectivity index (χ1) is 6.20. The highest BCUT2D eigenvalue weighted by Crippen LogP contribution is 2.05. The molecule has 0 aromatic carbocycles. The van der Waals surface area contributed by atoms with Gasteiger partial charge in [0.2, 0.25) is 0 Å². The Morgan fingerprint density at radius 3 is 2.00 bits per heavy atom. The Bertz CT molecular complexity index is 148. The lowest BCUT2D eigenvalue weighted by Crippen LogP contribution is -1.99. The molecule has 2 nitrogen and oxygen atoms in total. The van der Waals surface area contributed by atoms with Crippen LogP contribution in [0, 0.1) is 0 Å². The van der Waals surface area contributed by atoms with Gasteiger partial charge in [-0.15, -0.1) is 0 Å². The van der Waals surface area contributed by atoms with Crippen LogP contribution in [0.3, 0.4) is 0 Å². The van der Waals surface area contributed by atoms with Gasteiger partial charge in [-0.25, -0.2) is 0 Å². The van der Waals surface area contributed by atoms with Gasteiger partial charge in [-0.05, 0) is 12.8 Å². The second kappa shape index (κ2) is 8.42. The molecule has 3 heteroatoms. The fourth-order valence-corrected chi connectivity index (χ4v) is 1.35. The number of ketones is 2. The number of halogens is 1. The van der Waals surface area contributed by atoms with Gasteiger partial charge in [0.05, 0.1) is 5.33 Å². The van der Waals surface area contributed by atoms with Crippen LogP contribution in [0.5, 0.6) is 0 Å². The van der Waals surface area contributed by atoms with E-state index in [1.54, 1.807) is 0 Å². The molecule has 13 heavy (non-hydrogen) atoms. The van der Waals surface area contributed by atoms with Crippen LogP contribution in [0.1, 0.15) is 45.4 Å². The van der Waals surface area contributed by atoms with Crippen molar-refractivity contribution in [1.29, 1.82) is 0 Å². The third-order valence-corrected chi connectivity index (χ3v) is 2.58. The molecule has 0 rings (SSSR count). The molecule has 0 amide bonds. The summed E-state index contributed by atoms with van der Waals surface area (Å²) in [7, 11) is 0. The molecule has 0 aliphatic rings. The van der Waals surface area contributed by atoms with Gasteiger partial charge in [0, 0.05) is 19.3 Å².